The van der Waals surface area contributed by atoms with Gasteiger partial charge in [0.2, 0.25) is 0 Å². The minimum atomic E-state index is -0.466. The van der Waals surface area contributed by atoms with E-state index >= 15 is 0 Å². The second-order valence-corrected chi connectivity index (χ2v) is 4.76. The summed E-state index contributed by atoms with van der Waals surface area (Å²) in [5.41, 5.74) is -0.466. The number of hydrogen-bond acceptors (Lipinski definition) is 4. The first-order valence-corrected chi connectivity index (χ1v) is 6.87. The van der Waals surface area contributed by atoms with Crippen LogP contribution in [0.2, 0.25) is 0 Å². The van der Waals surface area contributed by atoms with Crippen molar-refractivity contribution >= 4 is 5.97 Å². The summed E-state index contributed by atoms with van der Waals surface area (Å²) in [6, 6.07) is 9.52. The zero-order valence-corrected chi connectivity index (χ0v) is 11.4. The highest BCUT2D eigenvalue weighted by Crippen LogP contribution is 2.24. The monoisotopic (exact) mass is 263 g/mol. The van der Waals surface area contributed by atoms with E-state index in [1.165, 1.54) is 0 Å². The molecule has 1 unspecified atom stereocenters. The molecule has 1 N–H and O–H groups in total. The Bertz CT molecular complexity index is 399. The molecule has 1 heterocycles. The Kier molecular flexibility index (Phi) is 4.80. The Hall–Kier alpha value is -1.55. The molecule has 4 heteroatoms. The van der Waals surface area contributed by atoms with Crippen molar-refractivity contribution in [3.63, 3.8) is 0 Å². The summed E-state index contributed by atoms with van der Waals surface area (Å²) in [7, 11) is 0. The van der Waals surface area contributed by atoms with Gasteiger partial charge in [-0.25, -0.2) is 0 Å². The summed E-state index contributed by atoms with van der Waals surface area (Å²) in [6.07, 6.45) is 2.66. The summed E-state index contributed by atoms with van der Waals surface area (Å²) in [6.45, 7) is 3.58. The maximum atomic E-state index is 12.1. The molecule has 2 rings (SSSR count). The number of rotatable bonds is 6. The van der Waals surface area contributed by atoms with Gasteiger partial charge in [-0.05, 0) is 37.9 Å². The van der Waals surface area contributed by atoms with Gasteiger partial charge < -0.3 is 14.8 Å². The zero-order chi connectivity index (χ0) is 13.6. The molecule has 1 saturated heterocycles. The predicted molar refractivity (Wildman–Crippen MR) is 73.2 cm³/mol. The van der Waals surface area contributed by atoms with Gasteiger partial charge in [-0.15, -0.1) is 0 Å². The van der Waals surface area contributed by atoms with Crippen LogP contribution in [0.15, 0.2) is 30.3 Å². The van der Waals surface area contributed by atoms with Crippen molar-refractivity contribution in [3.8, 4) is 5.75 Å². The maximum Gasteiger partial charge on any atom is 0.326 e. The van der Waals surface area contributed by atoms with Gasteiger partial charge in [0.25, 0.3) is 0 Å². The maximum absolute atomic E-state index is 12.1. The van der Waals surface area contributed by atoms with Crippen LogP contribution in [0.4, 0.5) is 0 Å². The molecule has 1 aliphatic rings. The fraction of sp³-hybridized carbons (Fsp3) is 0.533. The van der Waals surface area contributed by atoms with Crippen molar-refractivity contribution < 1.29 is 14.3 Å². The first kappa shape index (κ1) is 13.9. The molecule has 104 valence electrons. The van der Waals surface area contributed by atoms with Crippen molar-refractivity contribution in [2.75, 3.05) is 19.8 Å². The van der Waals surface area contributed by atoms with Crippen LogP contribution in [0.25, 0.3) is 0 Å². The first-order chi connectivity index (χ1) is 9.27. The van der Waals surface area contributed by atoms with E-state index < -0.39 is 5.54 Å². The van der Waals surface area contributed by atoms with Gasteiger partial charge >= 0.3 is 5.97 Å². The predicted octanol–water partition coefficient (Wildman–Crippen LogP) is 2.14. The van der Waals surface area contributed by atoms with Gasteiger partial charge in [0.15, 0.2) is 0 Å². The summed E-state index contributed by atoms with van der Waals surface area (Å²) in [4.78, 5) is 12.1. The zero-order valence-electron chi connectivity index (χ0n) is 11.4. The third-order valence-electron chi connectivity index (χ3n) is 3.57. The number of nitrogens with one attached hydrogen (secondary N) is 1. The van der Waals surface area contributed by atoms with Crippen LogP contribution in [0.5, 0.6) is 5.75 Å². The molecule has 0 aliphatic carbocycles. The minimum absolute atomic E-state index is 0.149. The lowest BCUT2D eigenvalue weighted by molar-refractivity contribution is -0.152. The molecule has 0 amide bonds. The van der Waals surface area contributed by atoms with Crippen molar-refractivity contribution in [3.05, 3.63) is 30.3 Å². The number of para-hydroxylation sites is 1. The lowest BCUT2D eigenvalue weighted by Gasteiger charge is -2.25. The average Bonchev–Trinajstić information content (AvgIpc) is 2.94. The molecule has 4 nitrogen and oxygen atoms in total. The summed E-state index contributed by atoms with van der Waals surface area (Å²) >= 11 is 0. The number of ether oxygens (including phenoxy) is 2. The van der Waals surface area contributed by atoms with Crippen molar-refractivity contribution in [2.45, 2.75) is 31.7 Å². The number of benzene rings is 1. The van der Waals surface area contributed by atoms with Gasteiger partial charge in [0.05, 0.1) is 0 Å². The van der Waals surface area contributed by atoms with Crippen LogP contribution >= 0.6 is 0 Å². The molecule has 0 saturated carbocycles. The quantitative estimate of drug-likeness (QED) is 0.631. The Labute approximate surface area is 114 Å². The summed E-state index contributed by atoms with van der Waals surface area (Å²) < 4.78 is 10.8. The molecule has 1 aromatic rings. The standard InChI is InChI=1S/C15H21NO3/c1-2-15(9-6-10-16-15)14(17)19-12-11-18-13-7-4-3-5-8-13/h3-5,7-8,16H,2,6,9-12H2,1H3. The highest BCUT2D eigenvalue weighted by Gasteiger charge is 2.40. The Morgan fingerprint density at radius 2 is 2.11 bits per heavy atom. The number of carbonyl (C=O) groups is 1. The highest BCUT2D eigenvalue weighted by molar-refractivity contribution is 5.81. The molecule has 1 aromatic carbocycles. The molecular weight excluding hydrogens is 242 g/mol. The molecule has 0 aromatic heterocycles. The summed E-state index contributed by atoms with van der Waals surface area (Å²) in [5.74, 6) is 0.645. The van der Waals surface area contributed by atoms with Gasteiger partial charge in [-0.3, -0.25) is 4.79 Å². The SMILES string of the molecule is CCC1(C(=O)OCCOc2ccccc2)CCCN1. The minimum Gasteiger partial charge on any atom is -0.490 e. The normalized spacial score (nSPS) is 22.2. The van der Waals surface area contributed by atoms with E-state index in [4.69, 9.17) is 9.47 Å². The third kappa shape index (κ3) is 3.47. The third-order valence-corrected chi connectivity index (χ3v) is 3.57. The lowest BCUT2D eigenvalue weighted by Crippen LogP contribution is -2.48. The van der Waals surface area contributed by atoms with Crippen LogP contribution in [-0.4, -0.2) is 31.3 Å². The van der Waals surface area contributed by atoms with Gasteiger partial charge in [0, 0.05) is 0 Å². The average molecular weight is 263 g/mol. The van der Waals surface area contributed by atoms with Crippen molar-refractivity contribution in [2.24, 2.45) is 0 Å². The van der Waals surface area contributed by atoms with E-state index in [0.717, 1.165) is 31.6 Å². The van der Waals surface area contributed by atoms with Gasteiger partial charge in [0.1, 0.15) is 24.5 Å². The molecule has 1 atom stereocenters. The molecule has 1 fully saturated rings. The Morgan fingerprint density at radius 3 is 2.74 bits per heavy atom. The van der Waals surface area contributed by atoms with Crippen LogP contribution < -0.4 is 10.1 Å². The van der Waals surface area contributed by atoms with Crippen LogP contribution in [0.1, 0.15) is 26.2 Å². The second-order valence-electron chi connectivity index (χ2n) is 4.76. The van der Waals surface area contributed by atoms with Crippen LogP contribution in [-0.2, 0) is 9.53 Å². The van der Waals surface area contributed by atoms with E-state index in [2.05, 4.69) is 5.32 Å². The number of carbonyl (C=O) groups excluding carboxylic acids is 1. The first-order valence-electron chi connectivity index (χ1n) is 6.87. The Balaban J connectivity index is 1.72. The molecule has 1 aliphatic heterocycles. The van der Waals surface area contributed by atoms with E-state index in [9.17, 15) is 4.79 Å². The van der Waals surface area contributed by atoms with E-state index in [0.29, 0.717) is 6.61 Å². The van der Waals surface area contributed by atoms with Crippen molar-refractivity contribution in [1.82, 2.24) is 5.32 Å². The number of hydrogen-bond donors (Lipinski definition) is 1. The fourth-order valence-electron chi connectivity index (χ4n) is 2.38. The highest BCUT2D eigenvalue weighted by atomic mass is 16.6. The fourth-order valence-corrected chi connectivity index (χ4v) is 2.38. The smallest absolute Gasteiger partial charge is 0.326 e. The second kappa shape index (κ2) is 6.57. The molecule has 0 spiro atoms. The molecule has 0 radical (unpaired) electrons. The van der Waals surface area contributed by atoms with Crippen LogP contribution in [0.3, 0.4) is 0 Å². The molecule has 0 bridgehead atoms. The molecule has 19 heavy (non-hydrogen) atoms. The lowest BCUT2D eigenvalue weighted by atomic mass is 9.94. The van der Waals surface area contributed by atoms with Crippen LogP contribution in [0, 0.1) is 0 Å². The molecular formula is C15H21NO3. The van der Waals surface area contributed by atoms with Gasteiger partial charge in [-0.1, -0.05) is 25.1 Å². The number of esters is 1. The summed E-state index contributed by atoms with van der Waals surface area (Å²) in [5, 5.41) is 3.26. The topological polar surface area (TPSA) is 47.6 Å². The van der Waals surface area contributed by atoms with E-state index in [-0.39, 0.29) is 12.6 Å². The largest absolute Gasteiger partial charge is 0.490 e. The van der Waals surface area contributed by atoms with E-state index in [1.807, 2.05) is 37.3 Å². The van der Waals surface area contributed by atoms with Gasteiger partial charge in [-0.2, -0.15) is 0 Å². The van der Waals surface area contributed by atoms with E-state index in [1.54, 1.807) is 0 Å². The Morgan fingerprint density at radius 1 is 1.32 bits per heavy atom. The van der Waals surface area contributed by atoms with Crippen molar-refractivity contribution in [1.29, 1.82) is 0 Å².